The molecule has 104 valence electrons. The molecule has 0 atom stereocenters. The van der Waals surface area contributed by atoms with Gasteiger partial charge in [0.25, 0.3) is 0 Å². The van der Waals surface area contributed by atoms with E-state index in [0.717, 1.165) is 30.6 Å². The third-order valence-electron chi connectivity index (χ3n) is 3.28. The van der Waals surface area contributed by atoms with Gasteiger partial charge in [-0.05, 0) is 30.7 Å². The second-order valence-electron chi connectivity index (χ2n) is 5.36. The van der Waals surface area contributed by atoms with Crippen molar-refractivity contribution < 1.29 is 9.52 Å². The Bertz CT molecular complexity index is 598. The van der Waals surface area contributed by atoms with E-state index in [4.69, 9.17) is 9.52 Å². The van der Waals surface area contributed by atoms with Crippen molar-refractivity contribution in [1.82, 2.24) is 10.3 Å². The highest BCUT2D eigenvalue weighted by atomic mass is 16.4. The first-order valence-electron chi connectivity index (χ1n) is 6.48. The number of hydrogen-bond acceptors (Lipinski definition) is 4. The third kappa shape index (κ3) is 3.24. The minimum absolute atomic E-state index is 0.0700. The van der Waals surface area contributed by atoms with E-state index in [-0.39, 0.29) is 12.0 Å². The molecule has 0 bridgehead atoms. The highest BCUT2D eigenvalue weighted by molar-refractivity contribution is 5.73. The van der Waals surface area contributed by atoms with Crippen LogP contribution in [0.4, 0.5) is 0 Å². The lowest BCUT2D eigenvalue weighted by molar-refractivity contribution is 0.284. The largest absolute Gasteiger partial charge is 0.417 e. The van der Waals surface area contributed by atoms with Crippen LogP contribution in [0.15, 0.2) is 27.4 Å². The molecule has 5 nitrogen and oxygen atoms in total. The highest BCUT2D eigenvalue weighted by Crippen LogP contribution is 2.25. The fourth-order valence-electron chi connectivity index (χ4n) is 2.07. The van der Waals surface area contributed by atoms with Gasteiger partial charge in [0.1, 0.15) is 0 Å². The van der Waals surface area contributed by atoms with Crippen LogP contribution in [-0.2, 0) is 5.41 Å². The van der Waals surface area contributed by atoms with Crippen LogP contribution in [0.3, 0.4) is 0 Å². The Labute approximate surface area is 111 Å². The molecular formula is C14H20N2O3. The monoisotopic (exact) mass is 264 g/mol. The van der Waals surface area contributed by atoms with Gasteiger partial charge in [0, 0.05) is 18.6 Å². The van der Waals surface area contributed by atoms with Crippen molar-refractivity contribution in [3.05, 3.63) is 34.3 Å². The van der Waals surface area contributed by atoms with Crippen LogP contribution in [0.25, 0.3) is 11.1 Å². The number of hydrogen-bond donors (Lipinski definition) is 3. The Hall–Kier alpha value is -1.59. The lowest BCUT2D eigenvalue weighted by Crippen LogP contribution is -2.33. The molecule has 0 aliphatic rings. The maximum Gasteiger partial charge on any atom is 0.417 e. The lowest BCUT2D eigenvalue weighted by atomic mass is 9.84. The van der Waals surface area contributed by atoms with E-state index in [0.29, 0.717) is 5.58 Å². The Balaban J connectivity index is 2.14. The molecule has 0 fully saturated rings. The minimum Gasteiger partial charge on any atom is -0.408 e. The number of H-pyrrole nitrogens is 1. The summed E-state index contributed by atoms with van der Waals surface area (Å²) < 4.78 is 5.08. The van der Waals surface area contributed by atoms with Gasteiger partial charge in [-0.2, -0.15) is 0 Å². The van der Waals surface area contributed by atoms with Crippen LogP contribution in [0.1, 0.15) is 25.8 Å². The summed E-state index contributed by atoms with van der Waals surface area (Å²) in [6, 6.07) is 5.77. The number of aliphatic hydroxyl groups is 1. The first-order valence-corrected chi connectivity index (χ1v) is 6.48. The minimum atomic E-state index is -0.425. The van der Waals surface area contributed by atoms with Crippen molar-refractivity contribution in [2.45, 2.75) is 25.7 Å². The van der Waals surface area contributed by atoms with Crippen molar-refractivity contribution in [1.29, 1.82) is 0 Å². The molecule has 3 N–H and O–H groups in total. The summed E-state index contributed by atoms with van der Waals surface area (Å²) in [6.45, 7) is 6.05. The summed E-state index contributed by atoms with van der Waals surface area (Å²) in [5, 5.41) is 12.1. The number of nitrogens with one attached hydrogen (secondary N) is 2. The van der Waals surface area contributed by atoms with Gasteiger partial charge >= 0.3 is 5.76 Å². The summed E-state index contributed by atoms with van der Waals surface area (Å²) in [5.74, 6) is -0.425. The molecule has 0 unspecified atom stereocenters. The summed E-state index contributed by atoms with van der Waals surface area (Å²) in [5.41, 5.74) is 2.35. The molecule has 2 aromatic rings. The molecule has 2 rings (SSSR count). The average molecular weight is 264 g/mol. The summed E-state index contributed by atoms with van der Waals surface area (Å²) in [7, 11) is 0. The molecule has 5 heteroatoms. The zero-order valence-electron chi connectivity index (χ0n) is 11.3. The summed E-state index contributed by atoms with van der Waals surface area (Å²) in [6.07, 6.45) is 0.752. The Morgan fingerprint density at radius 1 is 1.42 bits per heavy atom. The molecule has 19 heavy (non-hydrogen) atoms. The first-order chi connectivity index (χ1) is 9.03. The van der Waals surface area contributed by atoms with Crippen LogP contribution in [0.5, 0.6) is 0 Å². The fraction of sp³-hybridized carbons (Fsp3) is 0.500. The van der Waals surface area contributed by atoms with Gasteiger partial charge in [-0.1, -0.05) is 19.9 Å². The predicted molar refractivity (Wildman–Crippen MR) is 74.4 cm³/mol. The zero-order valence-corrected chi connectivity index (χ0v) is 11.3. The smallest absolute Gasteiger partial charge is 0.408 e. The van der Waals surface area contributed by atoms with E-state index in [2.05, 4.69) is 24.1 Å². The van der Waals surface area contributed by atoms with E-state index in [9.17, 15) is 4.79 Å². The third-order valence-corrected chi connectivity index (χ3v) is 3.28. The van der Waals surface area contributed by atoms with Crippen molar-refractivity contribution in [3.63, 3.8) is 0 Å². The van der Waals surface area contributed by atoms with Crippen molar-refractivity contribution in [2.75, 3.05) is 19.7 Å². The fourth-order valence-corrected chi connectivity index (χ4v) is 2.07. The zero-order chi connectivity index (χ0) is 13.9. The number of aliphatic hydroxyl groups excluding tert-OH is 1. The number of oxazole rings is 1. The first kappa shape index (κ1) is 13.8. The van der Waals surface area contributed by atoms with Gasteiger partial charge in [0.05, 0.1) is 5.52 Å². The van der Waals surface area contributed by atoms with Crippen LogP contribution < -0.4 is 11.1 Å². The highest BCUT2D eigenvalue weighted by Gasteiger charge is 2.21. The summed E-state index contributed by atoms with van der Waals surface area (Å²) in [4.78, 5) is 13.8. The van der Waals surface area contributed by atoms with Crippen LogP contribution >= 0.6 is 0 Å². The van der Waals surface area contributed by atoms with E-state index >= 15 is 0 Å². The van der Waals surface area contributed by atoms with Crippen LogP contribution in [0, 0.1) is 0 Å². The molecule has 1 aromatic carbocycles. The molecule has 1 heterocycles. The Morgan fingerprint density at radius 3 is 2.95 bits per heavy atom. The molecule has 0 saturated heterocycles. The second-order valence-corrected chi connectivity index (χ2v) is 5.36. The molecule has 0 aliphatic heterocycles. The standard InChI is InChI=1S/C14H20N2O3/c1-14(2,9-15-6-3-7-17)10-4-5-11-12(8-10)19-13(18)16-11/h4-5,8,15,17H,3,6-7,9H2,1-2H3,(H,16,18). The molecule has 0 radical (unpaired) electrons. The maximum atomic E-state index is 11.1. The van der Waals surface area contributed by atoms with E-state index in [1.807, 2.05) is 18.2 Å². The van der Waals surface area contributed by atoms with Crippen molar-refractivity contribution in [3.8, 4) is 0 Å². The molecule has 0 aliphatic carbocycles. The second kappa shape index (κ2) is 5.59. The van der Waals surface area contributed by atoms with Crippen molar-refractivity contribution >= 4 is 11.1 Å². The van der Waals surface area contributed by atoms with E-state index in [1.165, 1.54) is 0 Å². The Kier molecular flexibility index (Phi) is 4.07. The lowest BCUT2D eigenvalue weighted by Gasteiger charge is -2.25. The SMILES string of the molecule is CC(C)(CNCCCO)c1ccc2[nH]c(=O)oc2c1. The Morgan fingerprint density at radius 2 is 2.21 bits per heavy atom. The van der Waals surface area contributed by atoms with E-state index in [1.54, 1.807) is 0 Å². The maximum absolute atomic E-state index is 11.1. The van der Waals surface area contributed by atoms with Crippen LogP contribution in [0.2, 0.25) is 0 Å². The number of aromatic amines is 1. The summed E-state index contributed by atoms with van der Waals surface area (Å²) >= 11 is 0. The molecule has 0 amide bonds. The number of aromatic nitrogens is 1. The van der Waals surface area contributed by atoms with E-state index < -0.39 is 5.76 Å². The number of rotatable bonds is 6. The van der Waals surface area contributed by atoms with Gasteiger partial charge in [0.15, 0.2) is 5.58 Å². The quantitative estimate of drug-likeness (QED) is 0.689. The normalized spacial score (nSPS) is 12.2. The molecule has 0 saturated carbocycles. The van der Waals surface area contributed by atoms with Crippen LogP contribution in [-0.4, -0.2) is 29.8 Å². The van der Waals surface area contributed by atoms with Gasteiger partial charge in [0.2, 0.25) is 0 Å². The van der Waals surface area contributed by atoms with Crippen molar-refractivity contribution in [2.24, 2.45) is 0 Å². The molecule has 0 spiro atoms. The average Bonchev–Trinajstić information content (AvgIpc) is 2.73. The predicted octanol–water partition coefficient (Wildman–Crippen LogP) is 1.37. The number of benzene rings is 1. The van der Waals surface area contributed by atoms with Gasteiger partial charge in [-0.3, -0.25) is 4.98 Å². The van der Waals surface area contributed by atoms with Gasteiger partial charge in [-0.15, -0.1) is 0 Å². The molecule has 1 aromatic heterocycles. The number of fused-ring (bicyclic) bond motifs is 1. The van der Waals surface area contributed by atoms with Gasteiger partial charge < -0.3 is 14.8 Å². The van der Waals surface area contributed by atoms with Gasteiger partial charge in [-0.25, -0.2) is 4.79 Å². The molecular weight excluding hydrogens is 244 g/mol. The topological polar surface area (TPSA) is 78.3 Å².